The zero-order chi connectivity index (χ0) is 12.6. The summed E-state index contributed by atoms with van der Waals surface area (Å²) in [6, 6.07) is 1.04. The molecule has 2 heterocycles. The second kappa shape index (κ2) is 4.08. The van der Waals surface area contributed by atoms with E-state index in [4.69, 9.17) is 9.84 Å². The van der Waals surface area contributed by atoms with Crippen molar-refractivity contribution in [1.82, 2.24) is 9.55 Å². The van der Waals surface area contributed by atoms with Crippen LogP contribution in [-0.2, 0) is 10.5 Å². The van der Waals surface area contributed by atoms with Gasteiger partial charge in [-0.15, -0.1) is 0 Å². The molecule has 0 spiro atoms. The number of ether oxygens (including phenoxy) is 1. The first-order chi connectivity index (χ1) is 7.99. The maximum atomic E-state index is 11.5. The zero-order valence-corrected chi connectivity index (χ0v) is 8.74. The van der Waals surface area contributed by atoms with E-state index in [2.05, 4.69) is 0 Å². The number of nitrogens with one attached hydrogen (secondary N) is 1. The Hall–Kier alpha value is -1.48. The largest absolute Gasteiger partial charge is 0.394 e. The quantitative estimate of drug-likeness (QED) is 0.437. The summed E-state index contributed by atoms with van der Waals surface area (Å²) in [5.74, 6) is 0. The lowest BCUT2D eigenvalue weighted by atomic mass is 10.1. The van der Waals surface area contributed by atoms with Crippen molar-refractivity contribution in [2.75, 3.05) is 13.2 Å². The van der Waals surface area contributed by atoms with Gasteiger partial charge in [0.25, 0.3) is 5.56 Å². The number of H-pyrrole nitrogens is 1. The summed E-state index contributed by atoms with van der Waals surface area (Å²) in [6.45, 7) is -0.840. The minimum absolute atomic E-state index is 0.356. The minimum atomic E-state index is -1.99. The average Bonchev–Trinajstić information content (AvgIpc) is 2.56. The van der Waals surface area contributed by atoms with Crippen LogP contribution >= 0.6 is 0 Å². The second-order valence-corrected chi connectivity index (χ2v) is 3.84. The molecule has 94 valence electrons. The standard InChI is InChI=1S/C9H12N2O6/c12-3-5-7(14)9(16,4-17-5)11-2-1-6(13)10-8(11)15/h1-2,5,7,12,14,16H,3-4H2,(H,10,13,15). The Balaban J connectivity index is 2.46. The first-order valence-corrected chi connectivity index (χ1v) is 4.94. The van der Waals surface area contributed by atoms with E-state index in [1.807, 2.05) is 4.98 Å². The number of hydrogen-bond acceptors (Lipinski definition) is 6. The first-order valence-electron chi connectivity index (χ1n) is 4.94. The highest BCUT2D eigenvalue weighted by Gasteiger charge is 2.49. The lowest BCUT2D eigenvalue weighted by molar-refractivity contribution is -0.115. The molecule has 0 aromatic carbocycles. The van der Waals surface area contributed by atoms with Crippen molar-refractivity contribution < 1.29 is 20.1 Å². The Kier molecular flexibility index (Phi) is 2.87. The molecule has 0 bridgehead atoms. The molecule has 1 fully saturated rings. The van der Waals surface area contributed by atoms with Gasteiger partial charge in [-0.1, -0.05) is 0 Å². The fraction of sp³-hybridized carbons (Fsp3) is 0.556. The van der Waals surface area contributed by atoms with Gasteiger partial charge in [-0.25, -0.2) is 4.79 Å². The minimum Gasteiger partial charge on any atom is -0.394 e. The third kappa shape index (κ3) is 1.80. The molecule has 0 saturated carbocycles. The van der Waals surface area contributed by atoms with Crippen molar-refractivity contribution in [3.63, 3.8) is 0 Å². The van der Waals surface area contributed by atoms with Gasteiger partial charge < -0.3 is 20.1 Å². The molecule has 4 N–H and O–H groups in total. The van der Waals surface area contributed by atoms with E-state index in [1.54, 1.807) is 0 Å². The molecule has 17 heavy (non-hydrogen) atoms. The van der Waals surface area contributed by atoms with Gasteiger partial charge in [0.2, 0.25) is 0 Å². The Bertz CT molecular complexity index is 523. The highest BCUT2D eigenvalue weighted by molar-refractivity contribution is 4.97. The van der Waals surface area contributed by atoms with Gasteiger partial charge >= 0.3 is 5.69 Å². The molecule has 1 aliphatic rings. The summed E-state index contributed by atoms with van der Waals surface area (Å²) < 4.78 is 5.74. The third-order valence-corrected chi connectivity index (χ3v) is 2.76. The van der Waals surface area contributed by atoms with Crippen LogP contribution in [0.15, 0.2) is 21.9 Å². The van der Waals surface area contributed by atoms with Crippen LogP contribution in [0.1, 0.15) is 0 Å². The van der Waals surface area contributed by atoms with Gasteiger partial charge in [0.05, 0.1) is 13.2 Å². The molecule has 0 aliphatic carbocycles. The van der Waals surface area contributed by atoms with Crippen molar-refractivity contribution >= 4 is 0 Å². The summed E-state index contributed by atoms with van der Waals surface area (Å²) in [5.41, 5.74) is -3.46. The van der Waals surface area contributed by atoms with Crippen LogP contribution in [0.3, 0.4) is 0 Å². The van der Waals surface area contributed by atoms with Gasteiger partial charge in [-0.2, -0.15) is 0 Å². The lowest BCUT2D eigenvalue weighted by Gasteiger charge is -2.27. The molecule has 1 aromatic heterocycles. The highest BCUT2D eigenvalue weighted by Crippen LogP contribution is 2.27. The number of nitrogens with zero attached hydrogens (tertiary/aromatic N) is 1. The van der Waals surface area contributed by atoms with Gasteiger partial charge in [0, 0.05) is 12.3 Å². The topological polar surface area (TPSA) is 125 Å². The fourth-order valence-electron chi connectivity index (χ4n) is 1.79. The van der Waals surface area contributed by atoms with Crippen LogP contribution in [-0.4, -0.2) is 50.3 Å². The first kappa shape index (κ1) is 12.0. The van der Waals surface area contributed by atoms with Crippen molar-refractivity contribution in [2.45, 2.75) is 17.9 Å². The van der Waals surface area contributed by atoms with Gasteiger partial charge in [0.1, 0.15) is 12.2 Å². The van der Waals surface area contributed by atoms with Crippen molar-refractivity contribution in [2.24, 2.45) is 0 Å². The number of aromatic amines is 1. The van der Waals surface area contributed by atoms with Crippen LogP contribution < -0.4 is 11.2 Å². The van der Waals surface area contributed by atoms with E-state index in [0.717, 1.165) is 16.8 Å². The maximum Gasteiger partial charge on any atom is 0.330 e. The maximum absolute atomic E-state index is 11.5. The molecule has 0 radical (unpaired) electrons. The summed E-state index contributed by atoms with van der Waals surface area (Å²) in [6.07, 6.45) is -1.37. The number of aliphatic hydroxyl groups is 3. The summed E-state index contributed by atoms with van der Waals surface area (Å²) >= 11 is 0. The number of aliphatic hydroxyl groups excluding tert-OH is 2. The van der Waals surface area contributed by atoms with Gasteiger partial charge in [-0.3, -0.25) is 14.3 Å². The number of aromatic nitrogens is 2. The zero-order valence-electron chi connectivity index (χ0n) is 8.74. The summed E-state index contributed by atoms with van der Waals surface area (Å²) in [5, 5.41) is 28.8. The van der Waals surface area contributed by atoms with Crippen LogP contribution in [0, 0.1) is 0 Å². The molecule has 8 heteroatoms. The van der Waals surface area contributed by atoms with E-state index >= 15 is 0 Å². The molecular formula is C9H12N2O6. The van der Waals surface area contributed by atoms with Crippen LogP contribution in [0.2, 0.25) is 0 Å². The van der Waals surface area contributed by atoms with Crippen LogP contribution in [0.25, 0.3) is 0 Å². The van der Waals surface area contributed by atoms with E-state index in [-0.39, 0.29) is 6.61 Å². The number of rotatable bonds is 2. The monoisotopic (exact) mass is 244 g/mol. The van der Waals surface area contributed by atoms with Crippen LogP contribution in [0.4, 0.5) is 0 Å². The van der Waals surface area contributed by atoms with Crippen molar-refractivity contribution in [1.29, 1.82) is 0 Å². The van der Waals surface area contributed by atoms with Crippen molar-refractivity contribution in [3.05, 3.63) is 33.1 Å². The van der Waals surface area contributed by atoms with E-state index in [0.29, 0.717) is 0 Å². The predicted molar refractivity (Wildman–Crippen MR) is 54.3 cm³/mol. The fourth-order valence-corrected chi connectivity index (χ4v) is 1.79. The third-order valence-electron chi connectivity index (χ3n) is 2.76. The number of hydrogen-bond donors (Lipinski definition) is 4. The molecule has 0 amide bonds. The normalized spacial score (nSPS) is 32.9. The van der Waals surface area contributed by atoms with E-state index < -0.39 is 35.8 Å². The van der Waals surface area contributed by atoms with E-state index in [9.17, 15) is 19.8 Å². The Labute approximate surface area is 94.7 Å². The molecule has 1 saturated heterocycles. The van der Waals surface area contributed by atoms with Gasteiger partial charge in [0.15, 0.2) is 5.72 Å². The van der Waals surface area contributed by atoms with E-state index in [1.165, 1.54) is 0 Å². The molecule has 1 aromatic rings. The van der Waals surface area contributed by atoms with Gasteiger partial charge in [-0.05, 0) is 0 Å². The lowest BCUT2D eigenvalue weighted by Crippen LogP contribution is -2.52. The SMILES string of the molecule is O=c1ccn(C2(O)COC(CO)C2O)c(=O)[nH]1. The molecule has 1 aliphatic heterocycles. The molecular weight excluding hydrogens is 232 g/mol. The Morgan fingerprint density at radius 2 is 2.29 bits per heavy atom. The summed E-state index contributed by atoms with van der Waals surface area (Å²) in [7, 11) is 0. The highest BCUT2D eigenvalue weighted by atomic mass is 16.5. The molecule has 3 unspecified atom stereocenters. The van der Waals surface area contributed by atoms with Crippen molar-refractivity contribution in [3.8, 4) is 0 Å². The smallest absolute Gasteiger partial charge is 0.330 e. The van der Waals surface area contributed by atoms with Crippen LogP contribution in [0.5, 0.6) is 0 Å². The Morgan fingerprint density at radius 3 is 2.82 bits per heavy atom. The Morgan fingerprint density at radius 1 is 1.59 bits per heavy atom. The second-order valence-electron chi connectivity index (χ2n) is 3.84. The molecule has 8 nitrogen and oxygen atoms in total. The average molecular weight is 244 g/mol. The predicted octanol–water partition coefficient (Wildman–Crippen LogP) is -3.07. The summed E-state index contributed by atoms with van der Waals surface area (Å²) in [4.78, 5) is 24.3. The molecule has 2 rings (SSSR count). The molecule has 3 atom stereocenters.